The van der Waals surface area contributed by atoms with Crippen LogP contribution in [-0.4, -0.2) is 24.3 Å². The fraction of sp³-hybridized carbons (Fsp3) is 0.250. The minimum atomic E-state index is -0.919. The summed E-state index contributed by atoms with van der Waals surface area (Å²) in [5.41, 5.74) is 1.04. The van der Waals surface area contributed by atoms with Crippen LogP contribution < -0.4 is 0 Å². The Kier molecular flexibility index (Phi) is 3.22. The summed E-state index contributed by atoms with van der Waals surface area (Å²) in [6.07, 6.45) is -0.353. The first-order chi connectivity index (χ1) is 7.72. The summed E-state index contributed by atoms with van der Waals surface area (Å²) in [5.74, 6) is -0.919. The highest BCUT2D eigenvalue weighted by Crippen LogP contribution is 2.26. The van der Waals surface area contributed by atoms with Gasteiger partial charge in [-0.3, -0.25) is 0 Å². The van der Waals surface area contributed by atoms with Crippen molar-refractivity contribution in [1.82, 2.24) is 0 Å². The van der Waals surface area contributed by atoms with Gasteiger partial charge in [0.15, 0.2) is 6.10 Å². The summed E-state index contributed by atoms with van der Waals surface area (Å²) in [6, 6.07) is 7.98. The van der Waals surface area contributed by atoms with Gasteiger partial charge in [-0.15, -0.1) is 11.3 Å². The van der Waals surface area contributed by atoms with E-state index in [-0.39, 0.29) is 0 Å². The highest BCUT2D eigenvalue weighted by Gasteiger charge is 2.18. The third-order valence-electron chi connectivity index (χ3n) is 2.53. The molecule has 4 heteroatoms. The SMILES string of the molecule is COC(Cc1csc2ccccc12)C(=O)O. The maximum absolute atomic E-state index is 10.9. The molecule has 0 amide bonds. The summed E-state index contributed by atoms with van der Waals surface area (Å²) in [5, 5.41) is 12.0. The van der Waals surface area contributed by atoms with Crippen molar-refractivity contribution in [2.45, 2.75) is 12.5 Å². The standard InChI is InChI=1S/C12H12O3S/c1-15-10(12(13)14)6-8-7-16-11-5-3-2-4-9(8)11/h2-5,7,10H,6H2,1H3,(H,13,14). The van der Waals surface area contributed by atoms with E-state index in [0.29, 0.717) is 6.42 Å². The third-order valence-corrected chi connectivity index (χ3v) is 3.54. The average Bonchev–Trinajstić information content (AvgIpc) is 2.69. The molecule has 84 valence electrons. The molecule has 2 aromatic rings. The predicted molar refractivity (Wildman–Crippen MR) is 64.0 cm³/mol. The molecule has 3 nitrogen and oxygen atoms in total. The molecule has 0 aliphatic heterocycles. The average molecular weight is 236 g/mol. The first kappa shape index (κ1) is 11.1. The zero-order valence-electron chi connectivity index (χ0n) is 8.84. The molecule has 0 bridgehead atoms. The van der Waals surface area contributed by atoms with Gasteiger partial charge in [0, 0.05) is 18.2 Å². The van der Waals surface area contributed by atoms with Crippen molar-refractivity contribution in [1.29, 1.82) is 0 Å². The van der Waals surface area contributed by atoms with Crippen LogP contribution in [-0.2, 0) is 16.0 Å². The van der Waals surface area contributed by atoms with E-state index in [4.69, 9.17) is 9.84 Å². The molecule has 0 aliphatic rings. The van der Waals surface area contributed by atoms with Gasteiger partial charge in [0.25, 0.3) is 0 Å². The van der Waals surface area contributed by atoms with Crippen LogP contribution in [0, 0.1) is 0 Å². The van der Waals surface area contributed by atoms with E-state index in [2.05, 4.69) is 0 Å². The van der Waals surface area contributed by atoms with Crippen molar-refractivity contribution in [2.24, 2.45) is 0 Å². The van der Waals surface area contributed by atoms with Crippen molar-refractivity contribution in [3.63, 3.8) is 0 Å². The topological polar surface area (TPSA) is 46.5 Å². The molecule has 1 N–H and O–H groups in total. The molecule has 0 radical (unpaired) electrons. The Morgan fingerprint density at radius 2 is 2.25 bits per heavy atom. The molecular weight excluding hydrogens is 224 g/mol. The van der Waals surface area contributed by atoms with Crippen LogP contribution in [0.4, 0.5) is 0 Å². The number of carbonyl (C=O) groups is 1. The number of ether oxygens (including phenoxy) is 1. The number of rotatable bonds is 4. The zero-order valence-corrected chi connectivity index (χ0v) is 9.66. The number of methoxy groups -OCH3 is 1. The summed E-state index contributed by atoms with van der Waals surface area (Å²) in [6.45, 7) is 0. The van der Waals surface area contributed by atoms with E-state index >= 15 is 0 Å². The largest absolute Gasteiger partial charge is 0.479 e. The molecule has 1 aromatic heterocycles. The number of benzene rings is 1. The van der Waals surface area contributed by atoms with E-state index in [1.54, 1.807) is 11.3 Å². The summed E-state index contributed by atoms with van der Waals surface area (Å²) in [4.78, 5) is 10.9. The molecule has 0 fully saturated rings. The Hall–Kier alpha value is -1.39. The van der Waals surface area contributed by atoms with E-state index in [9.17, 15) is 4.79 Å². The minimum absolute atomic E-state index is 0.413. The Morgan fingerprint density at radius 1 is 1.50 bits per heavy atom. The lowest BCUT2D eigenvalue weighted by Gasteiger charge is -2.09. The molecule has 2 rings (SSSR count). The monoisotopic (exact) mass is 236 g/mol. The van der Waals surface area contributed by atoms with Crippen molar-refractivity contribution in [3.8, 4) is 0 Å². The molecular formula is C12H12O3S. The van der Waals surface area contributed by atoms with Crippen LogP contribution in [0.1, 0.15) is 5.56 Å². The van der Waals surface area contributed by atoms with Gasteiger partial charge in [0.2, 0.25) is 0 Å². The molecule has 0 saturated carbocycles. The second-order valence-electron chi connectivity index (χ2n) is 3.52. The lowest BCUT2D eigenvalue weighted by Crippen LogP contribution is -2.24. The normalized spacial score (nSPS) is 12.8. The minimum Gasteiger partial charge on any atom is -0.479 e. The van der Waals surface area contributed by atoms with Crippen molar-refractivity contribution < 1.29 is 14.6 Å². The van der Waals surface area contributed by atoms with Gasteiger partial charge in [0.1, 0.15) is 0 Å². The molecule has 0 saturated heterocycles. The summed E-state index contributed by atoms with van der Waals surface area (Å²) in [7, 11) is 1.42. The molecule has 16 heavy (non-hydrogen) atoms. The highest BCUT2D eigenvalue weighted by molar-refractivity contribution is 7.17. The number of hydrogen-bond acceptors (Lipinski definition) is 3. The number of hydrogen-bond donors (Lipinski definition) is 1. The molecule has 1 aromatic carbocycles. The van der Waals surface area contributed by atoms with E-state index in [0.717, 1.165) is 10.9 Å². The molecule has 1 unspecified atom stereocenters. The molecule has 0 spiro atoms. The van der Waals surface area contributed by atoms with Crippen molar-refractivity contribution in [2.75, 3.05) is 7.11 Å². The highest BCUT2D eigenvalue weighted by atomic mass is 32.1. The van der Waals surface area contributed by atoms with Gasteiger partial charge in [0.05, 0.1) is 0 Å². The van der Waals surface area contributed by atoms with Crippen LogP contribution in [0.25, 0.3) is 10.1 Å². The van der Waals surface area contributed by atoms with E-state index < -0.39 is 12.1 Å². The van der Waals surface area contributed by atoms with Gasteiger partial charge < -0.3 is 9.84 Å². The lowest BCUT2D eigenvalue weighted by atomic mass is 10.1. The molecule has 1 atom stereocenters. The third kappa shape index (κ3) is 2.08. The van der Waals surface area contributed by atoms with Crippen molar-refractivity contribution in [3.05, 3.63) is 35.2 Å². The lowest BCUT2D eigenvalue weighted by molar-refractivity contribution is -0.148. The van der Waals surface area contributed by atoms with Gasteiger partial charge in [-0.25, -0.2) is 4.79 Å². The van der Waals surface area contributed by atoms with E-state index in [1.165, 1.54) is 11.8 Å². The first-order valence-electron chi connectivity index (χ1n) is 4.93. The summed E-state index contributed by atoms with van der Waals surface area (Å²) < 4.78 is 6.12. The van der Waals surface area contributed by atoms with Crippen LogP contribution >= 0.6 is 11.3 Å². The Labute approximate surface area is 97.3 Å². The maximum atomic E-state index is 10.9. The van der Waals surface area contributed by atoms with Crippen LogP contribution in [0.2, 0.25) is 0 Å². The maximum Gasteiger partial charge on any atom is 0.333 e. The Morgan fingerprint density at radius 3 is 2.94 bits per heavy atom. The predicted octanol–water partition coefficient (Wildman–Crippen LogP) is 2.54. The van der Waals surface area contributed by atoms with Crippen LogP contribution in [0.5, 0.6) is 0 Å². The van der Waals surface area contributed by atoms with Gasteiger partial charge >= 0.3 is 5.97 Å². The van der Waals surface area contributed by atoms with Gasteiger partial charge in [-0.2, -0.15) is 0 Å². The number of fused-ring (bicyclic) bond motifs is 1. The zero-order chi connectivity index (χ0) is 11.5. The number of carboxylic acid groups (broad SMARTS) is 1. The van der Waals surface area contributed by atoms with Gasteiger partial charge in [-0.05, 0) is 22.4 Å². The van der Waals surface area contributed by atoms with Crippen molar-refractivity contribution >= 4 is 27.4 Å². The Balaban J connectivity index is 2.30. The van der Waals surface area contributed by atoms with Gasteiger partial charge in [-0.1, -0.05) is 18.2 Å². The fourth-order valence-electron chi connectivity index (χ4n) is 1.66. The number of carboxylic acids is 1. The quantitative estimate of drug-likeness (QED) is 0.887. The second-order valence-corrected chi connectivity index (χ2v) is 4.44. The number of aliphatic carboxylic acids is 1. The fourth-order valence-corrected chi connectivity index (χ4v) is 2.64. The molecule has 0 aliphatic carbocycles. The second kappa shape index (κ2) is 4.63. The Bertz CT molecular complexity index is 504. The van der Waals surface area contributed by atoms with Crippen LogP contribution in [0.3, 0.4) is 0 Å². The first-order valence-corrected chi connectivity index (χ1v) is 5.81. The van der Waals surface area contributed by atoms with E-state index in [1.807, 2.05) is 29.6 Å². The number of thiophene rings is 1. The molecule has 1 heterocycles. The smallest absolute Gasteiger partial charge is 0.333 e. The summed E-state index contributed by atoms with van der Waals surface area (Å²) >= 11 is 1.63. The van der Waals surface area contributed by atoms with Crippen LogP contribution in [0.15, 0.2) is 29.6 Å².